The van der Waals surface area contributed by atoms with E-state index in [0.717, 1.165) is 44.9 Å². The van der Waals surface area contributed by atoms with Crippen LogP contribution in [0.25, 0.3) is 0 Å². The maximum absolute atomic E-state index is 12.6. The van der Waals surface area contributed by atoms with E-state index in [1.165, 1.54) is 6.92 Å². The molecule has 0 aromatic heterocycles. The van der Waals surface area contributed by atoms with E-state index in [0.29, 0.717) is 17.8 Å². The zero-order chi connectivity index (χ0) is 21.0. The Balaban J connectivity index is 1.46. The third-order valence-corrected chi connectivity index (χ3v) is 10.5. The predicted molar refractivity (Wildman–Crippen MR) is 107 cm³/mol. The molecule has 5 fully saturated rings. The number of carbonyl (C=O) groups is 2. The molecule has 0 aromatic rings. The summed E-state index contributed by atoms with van der Waals surface area (Å²) >= 11 is 0. The van der Waals surface area contributed by atoms with Gasteiger partial charge in [0.25, 0.3) is 0 Å². The summed E-state index contributed by atoms with van der Waals surface area (Å²) in [6.45, 7) is 9.71. The monoisotopic (exact) mass is 404 g/mol. The summed E-state index contributed by atoms with van der Waals surface area (Å²) < 4.78 is 12.0. The van der Waals surface area contributed by atoms with Gasteiger partial charge in [-0.05, 0) is 69.1 Å². The van der Waals surface area contributed by atoms with Gasteiger partial charge in [-0.2, -0.15) is 0 Å². The van der Waals surface area contributed by atoms with E-state index < -0.39 is 5.60 Å². The second kappa shape index (κ2) is 5.85. The average molecular weight is 405 g/mol. The Kier molecular flexibility index (Phi) is 4.03. The first-order valence-corrected chi connectivity index (χ1v) is 11.6. The van der Waals surface area contributed by atoms with Gasteiger partial charge >= 0.3 is 5.97 Å². The van der Waals surface area contributed by atoms with E-state index in [1.54, 1.807) is 6.92 Å². The Hall–Kier alpha value is -0.940. The van der Waals surface area contributed by atoms with E-state index >= 15 is 0 Å². The first-order chi connectivity index (χ1) is 13.5. The predicted octanol–water partition coefficient (Wildman–Crippen LogP) is 3.66. The highest BCUT2D eigenvalue weighted by Crippen LogP contribution is 2.75. The second-order valence-corrected chi connectivity index (χ2v) is 11.4. The molecule has 5 heteroatoms. The fourth-order valence-corrected chi connectivity index (χ4v) is 9.07. The third-order valence-electron chi connectivity index (χ3n) is 10.5. The maximum Gasteiger partial charge on any atom is 0.302 e. The zero-order valence-electron chi connectivity index (χ0n) is 18.5. The number of aliphatic hydroxyl groups is 1. The van der Waals surface area contributed by atoms with Crippen LogP contribution in [0.5, 0.6) is 0 Å². The van der Waals surface area contributed by atoms with Gasteiger partial charge in [-0.15, -0.1) is 0 Å². The van der Waals surface area contributed by atoms with E-state index in [1.807, 2.05) is 0 Å². The van der Waals surface area contributed by atoms with E-state index in [2.05, 4.69) is 20.8 Å². The molecule has 29 heavy (non-hydrogen) atoms. The number of esters is 1. The fourth-order valence-electron chi connectivity index (χ4n) is 9.07. The van der Waals surface area contributed by atoms with Crippen molar-refractivity contribution in [2.75, 3.05) is 0 Å². The molecule has 5 rings (SSSR count). The van der Waals surface area contributed by atoms with Crippen LogP contribution in [-0.4, -0.2) is 40.3 Å². The van der Waals surface area contributed by atoms with Gasteiger partial charge < -0.3 is 14.6 Å². The number of rotatable bonds is 2. The summed E-state index contributed by atoms with van der Waals surface area (Å²) in [6, 6.07) is 0. The quantitative estimate of drug-likeness (QED) is 0.561. The molecular formula is C24H36O5. The summed E-state index contributed by atoms with van der Waals surface area (Å²) in [4.78, 5) is 24.1. The molecular weight excluding hydrogens is 368 g/mol. The number of fused-ring (bicyclic) bond motifs is 4. The molecule has 1 heterocycles. The van der Waals surface area contributed by atoms with Crippen molar-refractivity contribution in [2.24, 2.45) is 34.5 Å². The molecule has 0 unspecified atom stereocenters. The molecule has 162 valence electrons. The van der Waals surface area contributed by atoms with Crippen LogP contribution >= 0.6 is 0 Å². The highest BCUT2D eigenvalue weighted by atomic mass is 16.6. The van der Waals surface area contributed by atoms with Gasteiger partial charge in [0.1, 0.15) is 17.3 Å². The molecule has 0 bridgehead atoms. The highest BCUT2D eigenvalue weighted by molar-refractivity contribution is 5.86. The van der Waals surface area contributed by atoms with Gasteiger partial charge in [-0.3, -0.25) is 9.59 Å². The lowest BCUT2D eigenvalue weighted by Crippen LogP contribution is -2.61. The van der Waals surface area contributed by atoms with E-state index in [4.69, 9.17) is 9.47 Å². The standard InChI is InChI=1S/C24H36O5/c1-13-10-19-17-11-20-23(29-20)12-16(28-15(3)26)6-8-21(23,4)18(17)7-9-22(19,5)24(13,27)14(2)25/h13,16-20,27H,6-12H2,1-5H3/t13-,16-,17+,18-,19+,20+,21-,22-,23+,24+/m1/s1. The number of Topliss-reactive ketones (excluding diaryl/α,β-unsaturated/α-hetero) is 1. The Bertz CT molecular complexity index is 764. The Morgan fingerprint density at radius 2 is 1.72 bits per heavy atom. The molecule has 1 spiro atoms. The third kappa shape index (κ3) is 2.24. The van der Waals surface area contributed by atoms with Crippen LogP contribution in [0.4, 0.5) is 0 Å². The summed E-state index contributed by atoms with van der Waals surface area (Å²) in [5.74, 6) is 1.18. The van der Waals surface area contributed by atoms with Crippen LogP contribution in [-0.2, 0) is 19.1 Å². The largest absolute Gasteiger partial charge is 0.462 e. The molecule has 5 nitrogen and oxygen atoms in total. The number of ketones is 1. The summed E-state index contributed by atoms with van der Waals surface area (Å²) in [5.41, 5.74) is -1.57. The van der Waals surface area contributed by atoms with Gasteiger partial charge in [0, 0.05) is 24.2 Å². The molecule has 4 saturated carbocycles. The van der Waals surface area contributed by atoms with Gasteiger partial charge in [-0.25, -0.2) is 0 Å². The van der Waals surface area contributed by atoms with Gasteiger partial charge in [-0.1, -0.05) is 20.8 Å². The lowest BCUT2D eigenvalue weighted by Gasteiger charge is -2.60. The lowest BCUT2D eigenvalue weighted by atomic mass is 9.44. The van der Waals surface area contributed by atoms with Crippen LogP contribution in [0.1, 0.15) is 79.6 Å². The Morgan fingerprint density at radius 3 is 2.38 bits per heavy atom. The van der Waals surface area contributed by atoms with Gasteiger partial charge in [0.15, 0.2) is 5.78 Å². The number of ether oxygens (including phenoxy) is 2. The van der Waals surface area contributed by atoms with Gasteiger partial charge in [0.05, 0.1) is 6.10 Å². The molecule has 10 atom stereocenters. The Labute approximate surface area is 173 Å². The van der Waals surface area contributed by atoms with Gasteiger partial charge in [0.2, 0.25) is 0 Å². The van der Waals surface area contributed by atoms with Crippen LogP contribution < -0.4 is 0 Å². The van der Waals surface area contributed by atoms with E-state index in [-0.39, 0.29) is 46.3 Å². The average Bonchev–Trinajstić information content (AvgIpc) is 3.29. The SMILES string of the molecule is CC(=O)O[C@@H]1CC[C@]2(C)[C@@H]3CC[C@]4(C)[C@@H](C[C@@H](C)[C@]4(O)C(C)=O)[C@H]3C[C@@H]3O[C@@]32C1. The molecule has 4 aliphatic carbocycles. The summed E-state index contributed by atoms with van der Waals surface area (Å²) in [5, 5.41) is 11.5. The molecule has 0 aromatic carbocycles. The normalized spacial score (nSPS) is 57.7. The zero-order valence-corrected chi connectivity index (χ0v) is 18.5. The number of carbonyl (C=O) groups excluding carboxylic acids is 2. The minimum Gasteiger partial charge on any atom is -0.462 e. The molecule has 0 amide bonds. The number of hydrogen-bond acceptors (Lipinski definition) is 5. The van der Waals surface area contributed by atoms with Crippen molar-refractivity contribution in [3.05, 3.63) is 0 Å². The highest BCUT2D eigenvalue weighted by Gasteiger charge is 2.78. The van der Waals surface area contributed by atoms with Crippen molar-refractivity contribution in [1.82, 2.24) is 0 Å². The number of hydrogen-bond donors (Lipinski definition) is 1. The molecule has 1 saturated heterocycles. The van der Waals surface area contributed by atoms with Crippen molar-refractivity contribution in [2.45, 2.75) is 103 Å². The molecule has 1 aliphatic heterocycles. The summed E-state index contributed by atoms with van der Waals surface area (Å²) in [7, 11) is 0. The smallest absolute Gasteiger partial charge is 0.302 e. The lowest BCUT2D eigenvalue weighted by molar-refractivity contribution is -0.174. The van der Waals surface area contributed by atoms with Crippen LogP contribution in [0.15, 0.2) is 0 Å². The van der Waals surface area contributed by atoms with Crippen molar-refractivity contribution < 1.29 is 24.2 Å². The maximum atomic E-state index is 12.6. The fraction of sp³-hybridized carbons (Fsp3) is 0.917. The van der Waals surface area contributed by atoms with Crippen LogP contribution in [0.3, 0.4) is 0 Å². The minimum absolute atomic E-state index is 0.00747. The molecule has 5 aliphatic rings. The summed E-state index contributed by atoms with van der Waals surface area (Å²) in [6.07, 6.45) is 6.88. The second-order valence-electron chi connectivity index (χ2n) is 11.4. The van der Waals surface area contributed by atoms with E-state index in [9.17, 15) is 14.7 Å². The van der Waals surface area contributed by atoms with Crippen molar-refractivity contribution in [3.63, 3.8) is 0 Å². The Morgan fingerprint density at radius 1 is 1.03 bits per heavy atom. The molecule has 1 N–H and O–H groups in total. The number of epoxide rings is 1. The van der Waals surface area contributed by atoms with Crippen molar-refractivity contribution in [3.8, 4) is 0 Å². The van der Waals surface area contributed by atoms with Crippen molar-refractivity contribution >= 4 is 11.8 Å². The first-order valence-electron chi connectivity index (χ1n) is 11.6. The topological polar surface area (TPSA) is 76.1 Å². The van der Waals surface area contributed by atoms with Crippen LogP contribution in [0.2, 0.25) is 0 Å². The molecule has 0 radical (unpaired) electrons. The first kappa shape index (κ1) is 20.0. The minimum atomic E-state index is -1.20. The van der Waals surface area contributed by atoms with Crippen LogP contribution in [0, 0.1) is 34.5 Å². The van der Waals surface area contributed by atoms with Crippen molar-refractivity contribution in [1.29, 1.82) is 0 Å².